The van der Waals surface area contributed by atoms with Crippen LogP contribution in [-0.2, 0) is 16.0 Å². The molecule has 0 fully saturated rings. The average Bonchev–Trinajstić information content (AvgIpc) is 2.28. The van der Waals surface area contributed by atoms with Crippen molar-refractivity contribution >= 4 is 5.97 Å². The molecule has 1 aromatic rings. The molecule has 0 amide bonds. The summed E-state index contributed by atoms with van der Waals surface area (Å²) in [6, 6.07) is 2.83. The lowest BCUT2D eigenvalue weighted by molar-refractivity contribution is -0.139. The zero-order chi connectivity index (χ0) is 12.1. The number of ether oxygens (including phenoxy) is 1. The van der Waals surface area contributed by atoms with Crippen LogP contribution in [0, 0.1) is 11.3 Å². The molecule has 0 radical (unpaired) electrons. The van der Waals surface area contributed by atoms with Crippen molar-refractivity contribution < 1.29 is 18.3 Å². The van der Waals surface area contributed by atoms with E-state index in [4.69, 9.17) is 5.26 Å². The first-order valence-corrected chi connectivity index (χ1v) is 4.32. The number of nitrogens with zero attached hydrogens (tertiary/aromatic N) is 2. The van der Waals surface area contributed by atoms with Gasteiger partial charge in [0.1, 0.15) is 11.8 Å². The van der Waals surface area contributed by atoms with Gasteiger partial charge < -0.3 is 4.74 Å². The number of carbonyl (C=O) groups excluding carboxylic acids is 1. The topological polar surface area (TPSA) is 63.0 Å². The summed E-state index contributed by atoms with van der Waals surface area (Å²) >= 11 is 0. The summed E-state index contributed by atoms with van der Waals surface area (Å²) in [6.45, 7) is 0. The van der Waals surface area contributed by atoms with Gasteiger partial charge in [0.2, 0.25) is 0 Å². The van der Waals surface area contributed by atoms with E-state index < -0.39 is 18.1 Å². The standard InChI is InChI=1S/C10H8F2N2O2/c1-16-8(15)3-6-2-7(4-13)9(10(11)12)14-5-6/h2,5,10H,3H2,1H3. The van der Waals surface area contributed by atoms with Crippen molar-refractivity contribution in [1.82, 2.24) is 4.98 Å². The van der Waals surface area contributed by atoms with Gasteiger partial charge in [0.15, 0.2) is 0 Å². The van der Waals surface area contributed by atoms with Gasteiger partial charge in [-0.3, -0.25) is 9.78 Å². The smallest absolute Gasteiger partial charge is 0.310 e. The summed E-state index contributed by atoms with van der Waals surface area (Å²) in [5.74, 6) is -0.518. The Hall–Kier alpha value is -2.03. The Morgan fingerprint density at radius 3 is 2.88 bits per heavy atom. The molecule has 0 bridgehead atoms. The van der Waals surface area contributed by atoms with Crippen molar-refractivity contribution in [3.8, 4) is 6.07 Å². The van der Waals surface area contributed by atoms with Gasteiger partial charge in [-0.25, -0.2) is 8.78 Å². The quantitative estimate of drug-likeness (QED) is 0.734. The molecular weight excluding hydrogens is 218 g/mol. The lowest BCUT2D eigenvalue weighted by Gasteiger charge is -2.04. The van der Waals surface area contributed by atoms with Gasteiger partial charge in [-0.2, -0.15) is 5.26 Å². The monoisotopic (exact) mass is 226 g/mol. The molecule has 1 rings (SSSR count). The highest BCUT2D eigenvalue weighted by Crippen LogP contribution is 2.20. The van der Waals surface area contributed by atoms with Crippen LogP contribution in [0.5, 0.6) is 0 Å². The lowest BCUT2D eigenvalue weighted by Crippen LogP contribution is -2.06. The molecule has 0 unspecified atom stereocenters. The lowest BCUT2D eigenvalue weighted by atomic mass is 10.1. The molecule has 0 saturated carbocycles. The number of hydrogen-bond acceptors (Lipinski definition) is 4. The van der Waals surface area contributed by atoms with E-state index in [-0.39, 0.29) is 12.0 Å². The predicted octanol–water partition coefficient (Wildman–Crippen LogP) is 1.61. The van der Waals surface area contributed by atoms with Gasteiger partial charge in [-0.05, 0) is 11.6 Å². The molecule has 1 aromatic heterocycles. The Morgan fingerprint density at radius 2 is 2.38 bits per heavy atom. The molecule has 1 heterocycles. The molecular formula is C10H8F2N2O2. The zero-order valence-corrected chi connectivity index (χ0v) is 8.41. The minimum Gasteiger partial charge on any atom is -0.469 e. The fourth-order valence-corrected chi connectivity index (χ4v) is 1.12. The van der Waals surface area contributed by atoms with Gasteiger partial charge >= 0.3 is 5.97 Å². The number of nitriles is 1. The second-order valence-corrected chi connectivity index (χ2v) is 2.94. The van der Waals surface area contributed by atoms with Crippen molar-refractivity contribution in [1.29, 1.82) is 5.26 Å². The van der Waals surface area contributed by atoms with Crippen molar-refractivity contribution in [2.45, 2.75) is 12.8 Å². The molecule has 0 spiro atoms. The molecule has 0 aliphatic carbocycles. The first kappa shape index (κ1) is 12.0. The Labute approximate surface area is 90.5 Å². The minimum absolute atomic E-state index is 0.0955. The van der Waals surface area contributed by atoms with Crippen LogP contribution in [0.1, 0.15) is 23.2 Å². The number of alkyl halides is 2. The minimum atomic E-state index is -2.80. The van der Waals surface area contributed by atoms with Gasteiger partial charge in [0.05, 0.1) is 19.1 Å². The van der Waals surface area contributed by atoms with Crippen molar-refractivity contribution in [3.05, 3.63) is 29.1 Å². The molecule has 84 valence electrons. The third kappa shape index (κ3) is 2.73. The molecule has 0 saturated heterocycles. The third-order valence-corrected chi connectivity index (χ3v) is 1.88. The van der Waals surface area contributed by atoms with Gasteiger partial charge in [0, 0.05) is 6.20 Å². The van der Waals surface area contributed by atoms with Crippen LogP contribution in [0.15, 0.2) is 12.3 Å². The summed E-state index contributed by atoms with van der Waals surface area (Å²) < 4.78 is 29.1. The number of rotatable bonds is 3. The molecule has 6 heteroatoms. The van der Waals surface area contributed by atoms with Crippen LogP contribution in [-0.4, -0.2) is 18.1 Å². The summed E-state index contributed by atoms with van der Waals surface area (Å²) in [4.78, 5) is 14.4. The van der Waals surface area contributed by atoms with Gasteiger partial charge in [-0.15, -0.1) is 0 Å². The number of pyridine rings is 1. The average molecular weight is 226 g/mol. The highest BCUT2D eigenvalue weighted by molar-refractivity contribution is 5.72. The zero-order valence-electron chi connectivity index (χ0n) is 8.41. The van der Waals surface area contributed by atoms with Gasteiger partial charge in [-0.1, -0.05) is 0 Å². The van der Waals surface area contributed by atoms with E-state index in [1.54, 1.807) is 6.07 Å². The number of halogens is 2. The molecule has 0 atom stereocenters. The van der Waals surface area contributed by atoms with E-state index in [1.807, 2.05) is 0 Å². The first-order valence-electron chi connectivity index (χ1n) is 4.32. The fraction of sp³-hybridized carbons (Fsp3) is 0.300. The first-order chi connectivity index (χ1) is 7.58. The molecule has 0 aromatic carbocycles. The van der Waals surface area contributed by atoms with Crippen molar-refractivity contribution in [3.63, 3.8) is 0 Å². The van der Waals surface area contributed by atoms with Crippen LogP contribution in [0.3, 0.4) is 0 Å². The van der Waals surface area contributed by atoms with Crippen molar-refractivity contribution in [2.24, 2.45) is 0 Å². The molecule has 4 nitrogen and oxygen atoms in total. The second-order valence-electron chi connectivity index (χ2n) is 2.94. The number of aromatic nitrogens is 1. The number of carbonyl (C=O) groups is 1. The normalized spacial score (nSPS) is 9.94. The highest BCUT2D eigenvalue weighted by atomic mass is 19.3. The Morgan fingerprint density at radius 1 is 1.69 bits per heavy atom. The van der Waals surface area contributed by atoms with Gasteiger partial charge in [0.25, 0.3) is 6.43 Å². The highest BCUT2D eigenvalue weighted by Gasteiger charge is 2.16. The molecule has 0 aliphatic rings. The number of esters is 1. The number of methoxy groups -OCH3 is 1. The van der Waals surface area contributed by atoms with E-state index in [0.717, 1.165) is 6.20 Å². The van der Waals surface area contributed by atoms with E-state index in [0.29, 0.717) is 5.56 Å². The van der Waals surface area contributed by atoms with Crippen LogP contribution in [0.2, 0.25) is 0 Å². The van der Waals surface area contributed by atoms with E-state index in [2.05, 4.69) is 9.72 Å². The van der Waals surface area contributed by atoms with Crippen LogP contribution < -0.4 is 0 Å². The predicted molar refractivity (Wildman–Crippen MR) is 49.6 cm³/mol. The van der Waals surface area contributed by atoms with Crippen molar-refractivity contribution in [2.75, 3.05) is 7.11 Å². The Kier molecular flexibility index (Phi) is 3.89. The Bertz CT molecular complexity index is 441. The largest absolute Gasteiger partial charge is 0.469 e. The maximum absolute atomic E-state index is 12.4. The van der Waals surface area contributed by atoms with E-state index in [9.17, 15) is 13.6 Å². The maximum Gasteiger partial charge on any atom is 0.310 e. The van der Waals surface area contributed by atoms with E-state index in [1.165, 1.54) is 13.2 Å². The molecule has 0 aliphatic heterocycles. The molecule has 16 heavy (non-hydrogen) atoms. The maximum atomic E-state index is 12.4. The summed E-state index contributed by atoms with van der Waals surface area (Å²) in [7, 11) is 1.22. The Balaban J connectivity index is 3.01. The fourth-order valence-electron chi connectivity index (χ4n) is 1.12. The molecule has 0 N–H and O–H groups in total. The number of hydrogen-bond donors (Lipinski definition) is 0. The van der Waals surface area contributed by atoms with Crippen LogP contribution in [0.4, 0.5) is 8.78 Å². The van der Waals surface area contributed by atoms with Crippen LogP contribution in [0.25, 0.3) is 0 Å². The third-order valence-electron chi connectivity index (χ3n) is 1.88. The van der Waals surface area contributed by atoms with E-state index >= 15 is 0 Å². The van der Waals surface area contributed by atoms with Crippen LogP contribution >= 0.6 is 0 Å². The SMILES string of the molecule is COC(=O)Cc1cnc(C(F)F)c(C#N)c1. The summed E-state index contributed by atoms with van der Waals surface area (Å²) in [5.41, 5.74) is -0.430. The second kappa shape index (κ2) is 5.16. The summed E-state index contributed by atoms with van der Waals surface area (Å²) in [5, 5.41) is 8.64. The summed E-state index contributed by atoms with van der Waals surface area (Å²) in [6.07, 6.45) is -1.76.